The number of aryl methyl sites for hydroxylation is 1. The van der Waals surface area contributed by atoms with Crippen molar-refractivity contribution in [3.63, 3.8) is 0 Å². The van der Waals surface area contributed by atoms with Crippen LogP contribution in [0.1, 0.15) is 24.8 Å². The number of aromatic nitrogens is 2. The van der Waals surface area contributed by atoms with Crippen LogP contribution in [0.3, 0.4) is 0 Å². The van der Waals surface area contributed by atoms with Crippen LogP contribution in [-0.2, 0) is 11.8 Å². The number of hydrogen-bond donors (Lipinski definition) is 1. The van der Waals surface area contributed by atoms with Gasteiger partial charge in [0, 0.05) is 38.6 Å². The number of nitrogens with zero attached hydrogens (tertiary/aromatic N) is 4. The second kappa shape index (κ2) is 5.71. The van der Waals surface area contributed by atoms with Gasteiger partial charge < -0.3 is 19.5 Å². The minimum absolute atomic E-state index is 0.000139. The van der Waals surface area contributed by atoms with Gasteiger partial charge in [0.15, 0.2) is 0 Å². The summed E-state index contributed by atoms with van der Waals surface area (Å²) in [4.78, 5) is 20.2. The molecule has 6 nitrogen and oxygen atoms in total. The topological polar surface area (TPSA) is 61.6 Å². The maximum absolute atomic E-state index is 12.1. The number of likely N-dealkylation sites (tertiary alicyclic amines) is 1. The predicted molar refractivity (Wildman–Crippen MR) is 71.5 cm³/mol. The van der Waals surface area contributed by atoms with Crippen molar-refractivity contribution in [3.8, 4) is 0 Å². The first kappa shape index (κ1) is 14.0. The van der Waals surface area contributed by atoms with Crippen LogP contribution in [0.2, 0.25) is 0 Å². The van der Waals surface area contributed by atoms with E-state index < -0.39 is 6.10 Å². The van der Waals surface area contributed by atoms with Gasteiger partial charge in [0.25, 0.3) is 0 Å². The molecule has 1 unspecified atom stereocenters. The van der Waals surface area contributed by atoms with Gasteiger partial charge in [-0.15, -0.1) is 0 Å². The second-order valence-corrected chi connectivity index (χ2v) is 5.36. The maximum atomic E-state index is 12.1. The van der Waals surface area contributed by atoms with Gasteiger partial charge in [-0.3, -0.25) is 4.79 Å². The zero-order valence-electron chi connectivity index (χ0n) is 11.8. The lowest BCUT2D eigenvalue weighted by atomic mass is 10.2. The molecule has 1 N–H and O–H groups in total. The van der Waals surface area contributed by atoms with Crippen molar-refractivity contribution in [1.29, 1.82) is 0 Å². The Bertz CT molecular complexity index is 444. The molecule has 0 bridgehead atoms. The van der Waals surface area contributed by atoms with Gasteiger partial charge >= 0.3 is 0 Å². The van der Waals surface area contributed by atoms with Gasteiger partial charge in [0.1, 0.15) is 11.9 Å². The van der Waals surface area contributed by atoms with E-state index in [-0.39, 0.29) is 12.3 Å². The Kier molecular flexibility index (Phi) is 4.21. The van der Waals surface area contributed by atoms with E-state index in [0.29, 0.717) is 11.9 Å². The third-order valence-corrected chi connectivity index (χ3v) is 3.77. The minimum Gasteiger partial charge on any atom is -0.385 e. The molecule has 0 spiro atoms. The highest BCUT2D eigenvalue weighted by molar-refractivity contribution is 5.77. The fourth-order valence-corrected chi connectivity index (χ4v) is 2.47. The van der Waals surface area contributed by atoms with Crippen molar-refractivity contribution in [2.45, 2.75) is 25.0 Å². The number of rotatable bonds is 4. The maximum Gasteiger partial charge on any atom is 0.225 e. The van der Waals surface area contributed by atoms with Gasteiger partial charge in [-0.2, -0.15) is 0 Å². The smallest absolute Gasteiger partial charge is 0.225 e. The summed E-state index contributed by atoms with van der Waals surface area (Å²) >= 11 is 0. The molecule has 1 aromatic heterocycles. The minimum atomic E-state index is -0.828. The summed E-state index contributed by atoms with van der Waals surface area (Å²) in [5.74, 6) is 0.538. The Morgan fingerprint density at radius 1 is 1.63 bits per heavy atom. The normalized spacial score (nSPS) is 21.1. The third kappa shape index (κ3) is 3.13. The number of carbonyl (C=O) groups excluding carboxylic acids is 1. The van der Waals surface area contributed by atoms with Crippen LogP contribution in [-0.4, -0.2) is 63.6 Å². The summed E-state index contributed by atoms with van der Waals surface area (Å²) in [7, 11) is 5.87. The molecule has 2 rings (SSSR count). The largest absolute Gasteiger partial charge is 0.385 e. The zero-order chi connectivity index (χ0) is 14.0. The van der Waals surface area contributed by atoms with E-state index in [1.165, 1.54) is 0 Å². The van der Waals surface area contributed by atoms with Crippen LogP contribution in [0.25, 0.3) is 0 Å². The van der Waals surface area contributed by atoms with Gasteiger partial charge in [-0.25, -0.2) is 4.98 Å². The summed E-state index contributed by atoms with van der Waals surface area (Å²) < 4.78 is 1.74. The molecule has 0 aliphatic carbocycles. The van der Waals surface area contributed by atoms with Crippen LogP contribution < -0.4 is 0 Å². The fourth-order valence-electron chi connectivity index (χ4n) is 2.47. The molecule has 1 amide bonds. The van der Waals surface area contributed by atoms with E-state index in [9.17, 15) is 9.90 Å². The summed E-state index contributed by atoms with van der Waals surface area (Å²) in [6.45, 7) is 1.52. The Balaban J connectivity index is 1.90. The molecule has 1 aliphatic rings. The van der Waals surface area contributed by atoms with Crippen LogP contribution in [0, 0.1) is 0 Å². The number of hydrogen-bond acceptors (Lipinski definition) is 4. The average Bonchev–Trinajstić information content (AvgIpc) is 2.96. The van der Waals surface area contributed by atoms with E-state index >= 15 is 0 Å². The van der Waals surface area contributed by atoms with Crippen molar-refractivity contribution < 1.29 is 9.90 Å². The predicted octanol–water partition coefficient (Wildman–Crippen LogP) is 0.00610. The molecule has 1 aromatic rings. The lowest BCUT2D eigenvalue weighted by molar-refractivity contribution is -0.132. The lowest BCUT2D eigenvalue weighted by Crippen LogP contribution is -2.35. The summed E-state index contributed by atoms with van der Waals surface area (Å²) in [5, 5.41) is 10.1. The van der Waals surface area contributed by atoms with E-state index in [1.54, 1.807) is 17.0 Å². The Morgan fingerprint density at radius 2 is 2.37 bits per heavy atom. The number of amides is 1. The van der Waals surface area contributed by atoms with Crippen LogP contribution in [0.5, 0.6) is 0 Å². The standard InChI is InChI=1S/C13H22N4O2/c1-15(2)10-4-6-17(9-10)12(19)8-11(18)13-14-5-7-16(13)3/h5,7,10-11,18H,4,6,8-9H2,1-3H3/t10-,11?/m1/s1. The highest BCUT2D eigenvalue weighted by atomic mass is 16.3. The molecule has 1 fully saturated rings. The van der Waals surface area contributed by atoms with Crippen molar-refractivity contribution in [3.05, 3.63) is 18.2 Å². The van der Waals surface area contributed by atoms with E-state index in [2.05, 4.69) is 9.88 Å². The number of likely N-dealkylation sites (N-methyl/N-ethyl adjacent to an activating group) is 1. The van der Waals surface area contributed by atoms with Gasteiger partial charge in [0.05, 0.1) is 6.42 Å². The van der Waals surface area contributed by atoms with Crippen LogP contribution >= 0.6 is 0 Å². The first-order valence-corrected chi connectivity index (χ1v) is 6.58. The number of aliphatic hydroxyl groups excluding tert-OH is 1. The van der Waals surface area contributed by atoms with Gasteiger partial charge in [0.2, 0.25) is 5.91 Å². The molecule has 6 heteroatoms. The molecular weight excluding hydrogens is 244 g/mol. The zero-order valence-corrected chi connectivity index (χ0v) is 11.8. The van der Waals surface area contributed by atoms with E-state index in [4.69, 9.17) is 0 Å². The first-order chi connectivity index (χ1) is 8.99. The van der Waals surface area contributed by atoms with Crippen molar-refractivity contribution in [1.82, 2.24) is 19.4 Å². The fraction of sp³-hybridized carbons (Fsp3) is 0.692. The SMILES string of the molecule is CN(C)[C@@H]1CCN(C(=O)CC(O)c2nccn2C)C1. The van der Waals surface area contributed by atoms with Crippen LogP contribution in [0.15, 0.2) is 12.4 Å². The third-order valence-electron chi connectivity index (χ3n) is 3.77. The monoisotopic (exact) mass is 266 g/mol. The molecule has 2 atom stereocenters. The first-order valence-electron chi connectivity index (χ1n) is 6.58. The van der Waals surface area contributed by atoms with Crippen molar-refractivity contribution >= 4 is 5.91 Å². The van der Waals surface area contributed by atoms with E-state index in [1.807, 2.05) is 26.0 Å². The Hall–Kier alpha value is -1.40. The molecule has 19 heavy (non-hydrogen) atoms. The Labute approximate surface area is 113 Å². The Morgan fingerprint density at radius 3 is 2.89 bits per heavy atom. The van der Waals surface area contributed by atoms with E-state index in [0.717, 1.165) is 19.5 Å². The summed E-state index contributed by atoms with van der Waals surface area (Å²) in [6.07, 6.45) is 3.66. The molecule has 0 aromatic carbocycles. The van der Waals surface area contributed by atoms with Crippen molar-refractivity contribution in [2.75, 3.05) is 27.2 Å². The van der Waals surface area contributed by atoms with Crippen LogP contribution in [0.4, 0.5) is 0 Å². The average molecular weight is 266 g/mol. The quantitative estimate of drug-likeness (QED) is 0.833. The number of imidazole rings is 1. The number of carbonyl (C=O) groups is 1. The molecule has 1 saturated heterocycles. The molecule has 0 saturated carbocycles. The molecular formula is C13H22N4O2. The highest BCUT2D eigenvalue weighted by Crippen LogP contribution is 2.19. The van der Waals surface area contributed by atoms with Gasteiger partial charge in [-0.1, -0.05) is 0 Å². The highest BCUT2D eigenvalue weighted by Gasteiger charge is 2.29. The summed E-state index contributed by atoms with van der Waals surface area (Å²) in [6, 6.07) is 0.425. The van der Waals surface area contributed by atoms with Crippen molar-refractivity contribution in [2.24, 2.45) is 7.05 Å². The lowest BCUT2D eigenvalue weighted by Gasteiger charge is -2.21. The molecule has 2 heterocycles. The molecule has 1 aliphatic heterocycles. The number of aliphatic hydroxyl groups is 1. The van der Waals surface area contributed by atoms with Gasteiger partial charge in [-0.05, 0) is 20.5 Å². The molecule has 0 radical (unpaired) electrons. The second-order valence-electron chi connectivity index (χ2n) is 5.36. The molecule has 106 valence electrons. The summed E-state index contributed by atoms with van der Waals surface area (Å²) in [5.41, 5.74) is 0.